The molecule has 1 nitrogen and oxygen atoms in total. The van der Waals surface area contributed by atoms with Crippen molar-refractivity contribution in [1.82, 2.24) is 0 Å². The predicted octanol–water partition coefficient (Wildman–Crippen LogP) is 5.20. The first-order valence-corrected chi connectivity index (χ1v) is 7.23. The molecule has 110 valence electrons. The zero-order chi connectivity index (χ0) is 15.6. The van der Waals surface area contributed by atoms with E-state index in [1.807, 2.05) is 24.3 Å². The van der Waals surface area contributed by atoms with Crippen LogP contribution >= 0.6 is 11.6 Å². The van der Waals surface area contributed by atoms with E-state index >= 15 is 0 Å². The van der Waals surface area contributed by atoms with Crippen LogP contribution in [0.2, 0.25) is 5.02 Å². The van der Waals surface area contributed by atoms with Crippen molar-refractivity contribution < 1.29 is 9.18 Å². The van der Waals surface area contributed by atoms with Crippen molar-refractivity contribution in [3.05, 3.63) is 70.0 Å². The summed E-state index contributed by atoms with van der Waals surface area (Å²) in [6.45, 7) is 6.41. The monoisotopic (exact) mass is 304 g/mol. The molecule has 0 radical (unpaired) electrons. The van der Waals surface area contributed by atoms with Gasteiger partial charge in [-0.25, -0.2) is 4.39 Å². The average molecular weight is 305 g/mol. The molecule has 2 aromatic carbocycles. The van der Waals surface area contributed by atoms with Crippen molar-refractivity contribution in [2.75, 3.05) is 0 Å². The SMILES string of the molecule is CC(C)(C)c1ccc(CC(=O)c2ccc(Cl)cc2F)cc1. The second-order valence-electron chi connectivity index (χ2n) is 6.17. The lowest BCUT2D eigenvalue weighted by Crippen LogP contribution is -2.11. The van der Waals surface area contributed by atoms with E-state index in [-0.39, 0.29) is 23.2 Å². The maximum Gasteiger partial charge on any atom is 0.170 e. The summed E-state index contributed by atoms with van der Waals surface area (Å²) in [7, 11) is 0. The third-order valence-electron chi connectivity index (χ3n) is 3.42. The Labute approximate surface area is 129 Å². The molecule has 0 spiro atoms. The van der Waals surface area contributed by atoms with Gasteiger partial charge in [-0.1, -0.05) is 56.6 Å². The Bertz CT molecular complexity index is 654. The fourth-order valence-corrected chi connectivity index (χ4v) is 2.28. The molecule has 0 fully saturated rings. The lowest BCUT2D eigenvalue weighted by atomic mass is 9.86. The summed E-state index contributed by atoms with van der Waals surface area (Å²) >= 11 is 5.69. The van der Waals surface area contributed by atoms with Crippen molar-refractivity contribution in [3.8, 4) is 0 Å². The van der Waals surface area contributed by atoms with Crippen LogP contribution in [0.4, 0.5) is 4.39 Å². The van der Waals surface area contributed by atoms with Crippen LogP contribution in [0.1, 0.15) is 42.3 Å². The lowest BCUT2D eigenvalue weighted by molar-refractivity contribution is 0.0989. The Hall–Kier alpha value is -1.67. The quantitative estimate of drug-likeness (QED) is 0.712. The molecule has 0 atom stereocenters. The van der Waals surface area contributed by atoms with Gasteiger partial charge in [-0.05, 0) is 34.7 Å². The first kappa shape index (κ1) is 15.7. The molecular weight excluding hydrogens is 287 g/mol. The van der Waals surface area contributed by atoms with Gasteiger partial charge < -0.3 is 0 Å². The van der Waals surface area contributed by atoms with E-state index in [1.165, 1.54) is 17.7 Å². The van der Waals surface area contributed by atoms with Gasteiger partial charge in [0.15, 0.2) is 5.78 Å². The summed E-state index contributed by atoms with van der Waals surface area (Å²) in [5, 5.41) is 0.290. The van der Waals surface area contributed by atoms with Crippen LogP contribution in [-0.4, -0.2) is 5.78 Å². The highest BCUT2D eigenvalue weighted by molar-refractivity contribution is 6.30. The first-order valence-electron chi connectivity index (χ1n) is 6.85. The number of ketones is 1. The summed E-state index contributed by atoms with van der Waals surface area (Å²) in [6.07, 6.45) is 0.184. The smallest absolute Gasteiger partial charge is 0.170 e. The number of hydrogen-bond acceptors (Lipinski definition) is 1. The van der Waals surface area contributed by atoms with Gasteiger partial charge in [-0.3, -0.25) is 4.79 Å². The number of halogens is 2. The van der Waals surface area contributed by atoms with E-state index in [9.17, 15) is 9.18 Å². The number of Topliss-reactive ketones (excluding diaryl/α,β-unsaturated/α-hetero) is 1. The van der Waals surface area contributed by atoms with Crippen molar-refractivity contribution >= 4 is 17.4 Å². The summed E-state index contributed by atoms with van der Waals surface area (Å²) in [6, 6.07) is 12.0. The van der Waals surface area contributed by atoms with Crippen molar-refractivity contribution in [1.29, 1.82) is 0 Å². The van der Waals surface area contributed by atoms with E-state index in [0.29, 0.717) is 5.02 Å². The highest BCUT2D eigenvalue weighted by atomic mass is 35.5. The van der Waals surface area contributed by atoms with Gasteiger partial charge in [0.05, 0.1) is 5.56 Å². The van der Waals surface area contributed by atoms with Crippen LogP contribution < -0.4 is 0 Å². The average Bonchev–Trinajstić information content (AvgIpc) is 2.38. The van der Waals surface area contributed by atoms with E-state index < -0.39 is 5.82 Å². The highest BCUT2D eigenvalue weighted by Gasteiger charge is 2.15. The third-order valence-corrected chi connectivity index (χ3v) is 3.65. The molecule has 0 aliphatic heterocycles. The van der Waals surface area contributed by atoms with Gasteiger partial charge in [0, 0.05) is 11.4 Å². The molecule has 0 aliphatic carbocycles. The summed E-state index contributed by atoms with van der Waals surface area (Å²) < 4.78 is 13.7. The molecule has 0 unspecified atom stereocenters. The van der Waals surface area contributed by atoms with Gasteiger partial charge in [0.25, 0.3) is 0 Å². The fraction of sp³-hybridized carbons (Fsp3) is 0.278. The van der Waals surface area contributed by atoms with Crippen LogP contribution in [0.3, 0.4) is 0 Å². The number of rotatable bonds is 3. The van der Waals surface area contributed by atoms with E-state index in [1.54, 1.807) is 0 Å². The molecule has 0 bridgehead atoms. The predicted molar refractivity (Wildman–Crippen MR) is 84.6 cm³/mol. The molecule has 0 saturated heterocycles. The normalized spacial score (nSPS) is 11.5. The Balaban J connectivity index is 2.16. The van der Waals surface area contributed by atoms with Crippen molar-refractivity contribution in [2.24, 2.45) is 0 Å². The van der Waals surface area contributed by atoms with Crippen LogP contribution in [0, 0.1) is 5.82 Å². The molecule has 0 aromatic heterocycles. The Morgan fingerprint density at radius 1 is 1.10 bits per heavy atom. The molecule has 0 aliphatic rings. The minimum Gasteiger partial charge on any atom is -0.294 e. The van der Waals surface area contributed by atoms with Crippen molar-refractivity contribution in [2.45, 2.75) is 32.6 Å². The third kappa shape index (κ3) is 3.92. The minimum absolute atomic E-state index is 0.0742. The number of benzene rings is 2. The largest absolute Gasteiger partial charge is 0.294 e. The lowest BCUT2D eigenvalue weighted by Gasteiger charge is -2.19. The molecule has 2 rings (SSSR count). The first-order chi connectivity index (χ1) is 9.77. The zero-order valence-electron chi connectivity index (χ0n) is 12.4. The second kappa shape index (κ2) is 5.98. The van der Waals surface area contributed by atoms with Gasteiger partial charge in [0.1, 0.15) is 5.82 Å². The maximum atomic E-state index is 13.7. The minimum atomic E-state index is -0.571. The maximum absolute atomic E-state index is 13.7. The molecule has 0 heterocycles. The van der Waals surface area contributed by atoms with Gasteiger partial charge in [-0.15, -0.1) is 0 Å². The number of carbonyl (C=O) groups excluding carboxylic acids is 1. The van der Waals surface area contributed by atoms with Gasteiger partial charge >= 0.3 is 0 Å². The van der Waals surface area contributed by atoms with Crippen LogP contribution in [-0.2, 0) is 11.8 Å². The summed E-state index contributed by atoms with van der Waals surface area (Å²) in [5.74, 6) is -0.813. The topological polar surface area (TPSA) is 17.1 Å². The van der Waals surface area contributed by atoms with Gasteiger partial charge in [-0.2, -0.15) is 0 Å². The fourth-order valence-electron chi connectivity index (χ4n) is 2.12. The molecule has 0 amide bonds. The Morgan fingerprint density at radius 2 is 1.71 bits per heavy atom. The standard InChI is InChI=1S/C18H18ClFO/c1-18(2,3)13-6-4-12(5-7-13)10-17(21)15-9-8-14(19)11-16(15)20/h4-9,11H,10H2,1-3H3. The molecular formula is C18H18ClFO. The number of hydrogen-bond donors (Lipinski definition) is 0. The van der Waals surface area contributed by atoms with Crippen LogP contribution in [0.25, 0.3) is 0 Å². The zero-order valence-corrected chi connectivity index (χ0v) is 13.2. The molecule has 3 heteroatoms. The molecule has 2 aromatic rings. The summed E-state index contributed by atoms with van der Waals surface area (Å²) in [5.41, 5.74) is 2.24. The molecule has 0 N–H and O–H groups in total. The Kier molecular flexibility index (Phi) is 4.48. The van der Waals surface area contributed by atoms with E-state index in [4.69, 9.17) is 11.6 Å². The second-order valence-corrected chi connectivity index (χ2v) is 6.61. The van der Waals surface area contributed by atoms with Crippen LogP contribution in [0.15, 0.2) is 42.5 Å². The van der Waals surface area contributed by atoms with Gasteiger partial charge in [0.2, 0.25) is 0 Å². The summed E-state index contributed by atoms with van der Waals surface area (Å²) in [4.78, 5) is 12.1. The Morgan fingerprint density at radius 3 is 2.24 bits per heavy atom. The highest BCUT2D eigenvalue weighted by Crippen LogP contribution is 2.23. The van der Waals surface area contributed by atoms with Crippen molar-refractivity contribution in [3.63, 3.8) is 0 Å². The number of carbonyl (C=O) groups is 1. The van der Waals surface area contributed by atoms with Crippen LogP contribution in [0.5, 0.6) is 0 Å². The van der Waals surface area contributed by atoms with E-state index in [2.05, 4.69) is 20.8 Å². The molecule has 21 heavy (non-hydrogen) atoms. The molecule has 0 saturated carbocycles. The van der Waals surface area contributed by atoms with E-state index in [0.717, 1.165) is 11.6 Å².